The van der Waals surface area contributed by atoms with E-state index in [-0.39, 0.29) is 10.9 Å². The second-order valence-electron chi connectivity index (χ2n) is 6.26. The standard InChI is InChI=1S/C22H30O6S3/c1-13(23-3)29-15-9-17(25-5)21(18(10-15)26-6)31-22-19(27-7)11-16(12-20(22)28-8)30-14(2)24-4/h9-14H,1-8H3. The van der Waals surface area contributed by atoms with E-state index in [1.165, 1.54) is 11.8 Å². The summed E-state index contributed by atoms with van der Waals surface area (Å²) in [4.78, 5) is 3.65. The molecule has 0 amide bonds. The van der Waals surface area contributed by atoms with Crippen LogP contribution in [0.4, 0.5) is 0 Å². The third-order valence-electron chi connectivity index (χ3n) is 4.34. The van der Waals surface area contributed by atoms with E-state index in [0.717, 1.165) is 19.6 Å². The monoisotopic (exact) mass is 486 g/mol. The molecule has 0 aliphatic heterocycles. The van der Waals surface area contributed by atoms with Crippen LogP contribution in [0.15, 0.2) is 43.8 Å². The second kappa shape index (κ2) is 12.6. The first kappa shape index (κ1) is 25.9. The molecule has 2 aromatic rings. The Balaban J connectivity index is 2.51. The number of thioether (sulfide) groups is 2. The third kappa shape index (κ3) is 6.79. The highest BCUT2D eigenvalue weighted by atomic mass is 32.2. The van der Waals surface area contributed by atoms with Gasteiger partial charge in [0, 0.05) is 24.0 Å². The fourth-order valence-corrected chi connectivity index (χ4v) is 5.47. The summed E-state index contributed by atoms with van der Waals surface area (Å²) < 4.78 is 33.5. The number of benzene rings is 2. The molecule has 0 saturated heterocycles. The van der Waals surface area contributed by atoms with Crippen LogP contribution in [0.25, 0.3) is 0 Å². The van der Waals surface area contributed by atoms with E-state index in [1.807, 2.05) is 38.1 Å². The molecule has 2 atom stereocenters. The number of ether oxygens (including phenoxy) is 6. The van der Waals surface area contributed by atoms with E-state index in [4.69, 9.17) is 28.4 Å². The molecule has 0 N–H and O–H groups in total. The van der Waals surface area contributed by atoms with Gasteiger partial charge in [-0.1, -0.05) is 35.3 Å². The van der Waals surface area contributed by atoms with Crippen molar-refractivity contribution in [3.05, 3.63) is 24.3 Å². The summed E-state index contributed by atoms with van der Waals surface area (Å²) in [5.41, 5.74) is 0.0141. The molecule has 31 heavy (non-hydrogen) atoms. The molecule has 172 valence electrons. The lowest BCUT2D eigenvalue weighted by Gasteiger charge is -2.19. The van der Waals surface area contributed by atoms with Gasteiger partial charge in [-0.15, -0.1) is 0 Å². The van der Waals surface area contributed by atoms with Crippen molar-refractivity contribution in [3.8, 4) is 23.0 Å². The van der Waals surface area contributed by atoms with Crippen LogP contribution in [0.1, 0.15) is 13.8 Å². The average molecular weight is 487 g/mol. The van der Waals surface area contributed by atoms with Crippen molar-refractivity contribution in [1.82, 2.24) is 0 Å². The Morgan fingerprint density at radius 3 is 1.06 bits per heavy atom. The van der Waals surface area contributed by atoms with Crippen LogP contribution < -0.4 is 18.9 Å². The normalized spacial score (nSPS) is 12.9. The van der Waals surface area contributed by atoms with E-state index < -0.39 is 0 Å². The van der Waals surface area contributed by atoms with E-state index in [0.29, 0.717) is 23.0 Å². The first-order valence-electron chi connectivity index (χ1n) is 9.49. The lowest BCUT2D eigenvalue weighted by atomic mass is 10.3. The fourth-order valence-electron chi connectivity index (χ4n) is 2.63. The summed E-state index contributed by atoms with van der Waals surface area (Å²) in [5.74, 6) is 2.80. The summed E-state index contributed by atoms with van der Waals surface area (Å²) in [6, 6.07) is 7.92. The predicted octanol–water partition coefficient (Wildman–Crippen LogP) is 6.04. The first-order chi connectivity index (χ1) is 14.9. The maximum absolute atomic E-state index is 5.70. The summed E-state index contributed by atoms with van der Waals surface area (Å²) >= 11 is 4.65. The molecular weight excluding hydrogens is 456 g/mol. The molecule has 0 aliphatic carbocycles. The van der Waals surface area contributed by atoms with Crippen LogP contribution in [-0.2, 0) is 9.47 Å². The molecule has 9 heteroatoms. The van der Waals surface area contributed by atoms with Crippen LogP contribution in [0, 0.1) is 0 Å². The smallest absolute Gasteiger partial charge is 0.137 e. The van der Waals surface area contributed by atoms with Gasteiger partial charge in [0.1, 0.15) is 33.9 Å². The van der Waals surface area contributed by atoms with Gasteiger partial charge in [-0.2, -0.15) is 0 Å². The van der Waals surface area contributed by atoms with Crippen molar-refractivity contribution in [2.45, 2.75) is 44.3 Å². The van der Waals surface area contributed by atoms with Gasteiger partial charge < -0.3 is 28.4 Å². The first-order valence-corrected chi connectivity index (χ1v) is 12.1. The zero-order valence-electron chi connectivity index (χ0n) is 19.1. The van der Waals surface area contributed by atoms with Crippen LogP contribution in [0.3, 0.4) is 0 Å². The molecule has 0 radical (unpaired) electrons. The molecule has 0 aromatic heterocycles. The minimum Gasteiger partial charge on any atom is -0.495 e. The van der Waals surface area contributed by atoms with Gasteiger partial charge in [-0.25, -0.2) is 0 Å². The third-order valence-corrected chi connectivity index (χ3v) is 7.62. The van der Waals surface area contributed by atoms with Crippen molar-refractivity contribution >= 4 is 35.3 Å². The highest BCUT2D eigenvalue weighted by Crippen LogP contribution is 2.51. The molecule has 2 rings (SSSR count). The largest absolute Gasteiger partial charge is 0.495 e. The molecule has 0 saturated carbocycles. The molecule has 0 fully saturated rings. The SMILES string of the molecule is COc1cc(SC(C)OC)cc(OC)c1Sc1c(OC)cc(SC(C)OC)cc1OC. The van der Waals surface area contributed by atoms with Gasteiger partial charge >= 0.3 is 0 Å². The molecule has 0 spiro atoms. The number of hydrogen-bond acceptors (Lipinski definition) is 9. The Morgan fingerprint density at radius 2 is 0.839 bits per heavy atom. The Kier molecular flexibility index (Phi) is 10.5. The predicted molar refractivity (Wildman–Crippen MR) is 128 cm³/mol. The van der Waals surface area contributed by atoms with Gasteiger partial charge in [0.15, 0.2) is 0 Å². The van der Waals surface area contributed by atoms with Crippen molar-refractivity contribution in [2.24, 2.45) is 0 Å². The molecular formula is C22H30O6S3. The topological polar surface area (TPSA) is 55.4 Å². The highest BCUT2D eigenvalue weighted by molar-refractivity contribution is 8.00. The fraction of sp³-hybridized carbons (Fsp3) is 0.455. The maximum Gasteiger partial charge on any atom is 0.137 e. The van der Waals surface area contributed by atoms with Crippen molar-refractivity contribution in [1.29, 1.82) is 0 Å². The lowest BCUT2D eigenvalue weighted by Crippen LogP contribution is -2.00. The Hall–Kier alpha value is -1.39. The van der Waals surface area contributed by atoms with Crippen molar-refractivity contribution < 1.29 is 28.4 Å². The van der Waals surface area contributed by atoms with Crippen molar-refractivity contribution in [3.63, 3.8) is 0 Å². The molecule has 2 aromatic carbocycles. The number of hydrogen-bond donors (Lipinski definition) is 0. The number of methoxy groups -OCH3 is 6. The summed E-state index contributed by atoms with van der Waals surface area (Å²) in [6.07, 6.45) is 0. The molecule has 2 unspecified atom stereocenters. The number of rotatable bonds is 12. The minimum atomic E-state index is 0.00707. The van der Waals surface area contributed by atoms with Gasteiger partial charge in [-0.3, -0.25) is 0 Å². The van der Waals surface area contributed by atoms with Gasteiger partial charge in [0.2, 0.25) is 0 Å². The van der Waals surface area contributed by atoms with Crippen molar-refractivity contribution in [2.75, 3.05) is 42.7 Å². The van der Waals surface area contributed by atoms with E-state index in [9.17, 15) is 0 Å². The Labute approximate surface area is 197 Å². The van der Waals surface area contributed by atoms with E-state index in [2.05, 4.69) is 0 Å². The lowest BCUT2D eigenvalue weighted by molar-refractivity contribution is 0.187. The van der Waals surface area contributed by atoms with Gasteiger partial charge in [0.25, 0.3) is 0 Å². The molecule has 0 aliphatic rings. The van der Waals surface area contributed by atoms with Gasteiger partial charge in [-0.05, 0) is 38.1 Å². The zero-order valence-corrected chi connectivity index (χ0v) is 21.6. The van der Waals surface area contributed by atoms with Gasteiger partial charge in [0.05, 0.1) is 38.2 Å². The molecule has 0 bridgehead atoms. The maximum atomic E-state index is 5.70. The van der Waals surface area contributed by atoms with Crippen LogP contribution in [0.5, 0.6) is 23.0 Å². The Morgan fingerprint density at radius 1 is 0.548 bits per heavy atom. The van der Waals surface area contributed by atoms with Crippen LogP contribution in [-0.4, -0.2) is 53.5 Å². The minimum absolute atomic E-state index is 0.00707. The molecule has 6 nitrogen and oxygen atoms in total. The summed E-state index contributed by atoms with van der Waals surface area (Å²) in [6.45, 7) is 3.98. The average Bonchev–Trinajstić information content (AvgIpc) is 2.79. The van der Waals surface area contributed by atoms with E-state index >= 15 is 0 Å². The quantitative estimate of drug-likeness (QED) is 0.264. The second-order valence-corrected chi connectivity index (χ2v) is 10.0. The Bertz CT molecular complexity index is 742. The zero-order chi connectivity index (χ0) is 23.0. The van der Waals surface area contributed by atoms with E-state index in [1.54, 1.807) is 66.2 Å². The van der Waals surface area contributed by atoms with Crippen LogP contribution >= 0.6 is 35.3 Å². The molecule has 0 heterocycles. The van der Waals surface area contributed by atoms with Crippen LogP contribution in [0.2, 0.25) is 0 Å². The summed E-state index contributed by atoms with van der Waals surface area (Å²) in [7, 11) is 9.95. The summed E-state index contributed by atoms with van der Waals surface area (Å²) in [5, 5.41) is 0. The highest BCUT2D eigenvalue weighted by Gasteiger charge is 2.21.